The third-order valence-electron chi connectivity index (χ3n) is 7.64. The van der Waals surface area contributed by atoms with E-state index in [0.717, 1.165) is 47.9 Å². The van der Waals surface area contributed by atoms with E-state index in [1.54, 1.807) is 0 Å². The predicted octanol–water partition coefficient (Wildman–Crippen LogP) is 4.45. The van der Waals surface area contributed by atoms with Crippen LogP contribution >= 0.6 is 0 Å². The highest BCUT2D eigenvalue weighted by Gasteiger charge is 2.45. The van der Waals surface area contributed by atoms with E-state index in [4.69, 9.17) is 4.74 Å². The van der Waals surface area contributed by atoms with Gasteiger partial charge in [-0.05, 0) is 60.3 Å². The lowest BCUT2D eigenvalue weighted by molar-refractivity contribution is -0.142. The van der Waals surface area contributed by atoms with Gasteiger partial charge in [0.15, 0.2) is 0 Å². The minimum atomic E-state index is -1.01. The molecule has 0 aliphatic heterocycles. The maximum absolute atomic E-state index is 12.9. The second kappa shape index (κ2) is 9.36. The van der Waals surface area contributed by atoms with Crippen LogP contribution in [0, 0.1) is 11.8 Å². The molecular weight excluding hydrogens is 444 g/mol. The number of benzene rings is 2. The SMILES string of the molecule is CC(CC(=O)NC(CC1CC1)C(=O)O)(NC(=O)OCC1c2ccccc2-c2ccccc21)C1CC1. The molecule has 7 nitrogen and oxygen atoms in total. The van der Waals surface area contributed by atoms with Crippen molar-refractivity contribution in [3.63, 3.8) is 0 Å². The van der Waals surface area contributed by atoms with E-state index < -0.39 is 23.6 Å². The number of fused-ring (bicyclic) bond motifs is 3. The van der Waals surface area contributed by atoms with Crippen LogP contribution in [-0.2, 0) is 14.3 Å². The van der Waals surface area contributed by atoms with Crippen molar-refractivity contribution in [3.8, 4) is 11.1 Å². The molecule has 5 rings (SSSR count). The first-order valence-electron chi connectivity index (χ1n) is 12.5. The monoisotopic (exact) mass is 476 g/mol. The van der Waals surface area contributed by atoms with Crippen LogP contribution in [0.4, 0.5) is 4.79 Å². The molecule has 2 atom stereocenters. The fourth-order valence-electron chi connectivity index (χ4n) is 5.37. The third kappa shape index (κ3) is 5.19. The Hall–Kier alpha value is -3.35. The fraction of sp³-hybridized carbons (Fsp3) is 0.464. The molecular formula is C28H32N2O5. The quantitative estimate of drug-likeness (QED) is 0.470. The van der Waals surface area contributed by atoms with Crippen molar-refractivity contribution in [1.29, 1.82) is 0 Å². The van der Waals surface area contributed by atoms with Crippen molar-refractivity contribution >= 4 is 18.0 Å². The number of hydrogen-bond acceptors (Lipinski definition) is 4. The van der Waals surface area contributed by atoms with Gasteiger partial charge in [0.05, 0.1) is 5.54 Å². The predicted molar refractivity (Wildman–Crippen MR) is 131 cm³/mol. The van der Waals surface area contributed by atoms with Gasteiger partial charge in [0.2, 0.25) is 5.91 Å². The molecule has 2 aromatic carbocycles. The summed E-state index contributed by atoms with van der Waals surface area (Å²) in [4.78, 5) is 37.2. The highest BCUT2D eigenvalue weighted by Crippen LogP contribution is 2.45. The average molecular weight is 477 g/mol. The van der Waals surface area contributed by atoms with Gasteiger partial charge < -0.3 is 20.5 Å². The summed E-state index contributed by atoms with van der Waals surface area (Å²) in [5.41, 5.74) is 3.82. The Bertz CT molecular complexity index is 1090. The zero-order valence-electron chi connectivity index (χ0n) is 20.0. The van der Waals surface area contributed by atoms with E-state index in [-0.39, 0.29) is 30.8 Å². The van der Waals surface area contributed by atoms with Crippen LogP contribution < -0.4 is 10.6 Å². The Balaban J connectivity index is 1.21. The molecule has 2 fully saturated rings. The van der Waals surface area contributed by atoms with Crippen LogP contribution in [0.2, 0.25) is 0 Å². The second-order valence-corrected chi connectivity index (χ2v) is 10.5. The van der Waals surface area contributed by atoms with Gasteiger partial charge in [-0.1, -0.05) is 61.4 Å². The molecule has 0 saturated heterocycles. The van der Waals surface area contributed by atoms with Crippen molar-refractivity contribution in [3.05, 3.63) is 59.7 Å². The Labute approximate surface area is 205 Å². The Morgan fingerprint density at radius 3 is 2.14 bits per heavy atom. The number of alkyl carbamates (subject to hydrolysis) is 1. The van der Waals surface area contributed by atoms with Crippen molar-refractivity contribution in [2.75, 3.05) is 6.61 Å². The third-order valence-corrected chi connectivity index (χ3v) is 7.64. The summed E-state index contributed by atoms with van der Waals surface area (Å²) in [6.07, 6.45) is 3.79. The summed E-state index contributed by atoms with van der Waals surface area (Å²) in [5.74, 6) is -0.859. The number of carboxylic acids is 1. The summed E-state index contributed by atoms with van der Waals surface area (Å²) in [6, 6.07) is 15.4. The largest absolute Gasteiger partial charge is 0.480 e. The smallest absolute Gasteiger partial charge is 0.407 e. The molecule has 3 N–H and O–H groups in total. The lowest BCUT2D eigenvalue weighted by Gasteiger charge is -2.31. The molecule has 0 spiro atoms. The number of carboxylic acid groups (broad SMARTS) is 1. The molecule has 184 valence electrons. The van der Waals surface area contributed by atoms with Crippen molar-refractivity contribution < 1.29 is 24.2 Å². The molecule has 7 heteroatoms. The first-order chi connectivity index (χ1) is 16.8. The number of amides is 2. The van der Waals surface area contributed by atoms with Crippen molar-refractivity contribution in [2.45, 2.75) is 62.9 Å². The van der Waals surface area contributed by atoms with Gasteiger partial charge in [-0.15, -0.1) is 0 Å². The van der Waals surface area contributed by atoms with E-state index in [1.807, 2.05) is 31.2 Å². The Kier molecular flexibility index (Phi) is 6.26. The average Bonchev–Trinajstić information content (AvgIpc) is 3.74. The van der Waals surface area contributed by atoms with Gasteiger partial charge in [-0.2, -0.15) is 0 Å². The van der Waals surface area contributed by atoms with Gasteiger partial charge in [0.25, 0.3) is 0 Å². The highest BCUT2D eigenvalue weighted by atomic mass is 16.5. The molecule has 0 radical (unpaired) electrons. The van der Waals surface area contributed by atoms with Gasteiger partial charge >= 0.3 is 12.1 Å². The van der Waals surface area contributed by atoms with E-state index in [2.05, 4.69) is 34.9 Å². The highest BCUT2D eigenvalue weighted by molar-refractivity contribution is 5.85. The molecule has 3 aliphatic carbocycles. The molecule has 0 aromatic heterocycles. The fourth-order valence-corrected chi connectivity index (χ4v) is 5.37. The normalized spacial score (nSPS) is 19.1. The molecule has 0 heterocycles. The van der Waals surface area contributed by atoms with Crippen LogP contribution in [0.5, 0.6) is 0 Å². The lowest BCUT2D eigenvalue weighted by atomic mass is 9.91. The molecule has 2 aromatic rings. The van der Waals surface area contributed by atoms with E-state index in [1.165, 1.54) is 0 Å². The summed E-state index contributed by atoms with van der Waals surface area (Å²) >= 11 is 0. The van der Waals surface area contributed by atoms with Gasteiger partial charge in [0, 0.05) is 12.3 Å². The standard InChI is InChI=1S/C28H32N2O5/c1-28(18-12-13-18,15-25(31)29-24(26(32)33)14-17-10-11-17)30-27(34)35-16-23-21-8-4-2-6-19(21)20-7-3-5-9-22(20)23/h2-9,17-18,23-24H,10-16H2,1H3,(H,29,31)(H,30,34)(H,32,33). The Morgan fingerprint density at radius 2 is 1.60 bits per heavy atom. The summed E-state index contributed by atoms with van der Waals surface area (Å²) in [6.45, 7) is 2.05. The van der Waals surface area contributed by atoms with E-state index in [0.29, 0.717) is 12.3 Å². The second-order valence-electron chi connectivity index (χ2n) is 10.5. The molecule has 35 heavy (non-hydrogen) atoms. The minimum Gasteiger partial charge on any atom is -0.480 e. The van der Waals surface area contributed by atoms with Crippen LogP contribution in [0.25, 0.3) is 11.1 Å². The lowest BCUT2D eigenvalue weighted by Crippen LogP contribution is -2.52. The molecule has 2 saturated carbocycles. The number of rotatable bonds is 10. The van der Waals surface area contributed by atoms with Crippen molar-refractivity contribution in [1.82, 2.24) is 10.6 Å². The molecule has 2 unspecified atom stereocenters. The first-order valence-corrected chi connectivity index (χ1v) is 12.5. The maximum Gasteiger partial charge on any atom is 0.407 e. The minimum absolute atomic E-state index is 0.0241. The van der Waals surface area contributed by atoms with Crippen molar-refractivity contribution in [2.24, 2.45) is 11.8 Å². The molecule has 0 bridgehead atoms. The van der Waals surface area contributed by atoms with Gasteiger partial charge in [-0.25, -0.2) is 9.59 Å². The summed E-state index contributed by atoms with van der Waals surface area (Å²) in [5, 5.41) is 15.1. The Morgan fingerprint density at radius 1 is 1.00 bits per heavy atom. The number of carbonyl (C=O) groups is 3. The topological polar surface area (TPSA) is 105 Å². The zero-order chi connectivity index (χ0) is 24.6. The number of nitrogens with one attached hydrogen (secondary N) is 2. The number of ether oxygens (including phenoxy) is 1. The van der Waals surface area contributed by atoms with Gasteiger partial charge in [-0.3, -0.25) is 4.79 Å². The van der Waals surface area contributed by atoms with Crippen LogP contribution in [0.15, 0.2) is 48.5 Å². The molecule has 3 aliphatic rings. The number of hydrogen-bond donors (Lipinski definition) is 3. The number of aliphatic carboxylic acids is 1. The van der Waals surface area contributed by atoms with Crippen LogP contribution in [0.3, 0.4) is 0 Å². The summed E-state index contributed by atoms with van der Waals surface area (Å²) in [7, 11) is 0. The number of carbonyl (C=O) groups excluding carboxylic acids is 2. The molecule has 2 amide bonds. The van der Waals surface area contributed by atoms with Gasteiger partial charge in [0.1, 0.15) is 12.6 Å². The van der Waals surface area contributed by atoms with Crippen LogP contribution in [0.1, 0.15) is 62.5 Å². The maximum atomic E-state index is 12.9. The van der Waals surface area contributed by atoms with Crippen LogP contribution in [-0.4, -0.2) is 41.3 Å². The summed E-state index contributed by atoms with van der Waals surface area (Å²) < 4.78 is 5.70. The van der Waals surface area contributed by atoms with E-state index in [9.17, 15) is 19.5 Å². The zero-order valence-corrected chi connectivity index (χ0v) is 20.0. The van der Waals surface area contributed by atoms with E-state index >= 15 is 0 Å². The first kappa shape index (κ1) is 23.4.